The van der Waals surface area contributed by atoms with Gasteiger partial charge < -0.3 is 9.73 Å². The standard InChI is InChI=1S/C17H15F3N4O3S/c18-17(19,20)12-3-1-11(2-4-12)9-15-23-24-16(27-15)22-13-5-7-14(8-6-13)28(21)25-10-26-28/h1-8H,9-10,21H2,(H,22,24). The van der Waals surface area contributed by atoms with Gasteiger partial charge in [0.15, 0.2) is 6.79 Å². The molecule has 2 heterocycles. The molecule has 1 aliphatic rings. The van der Waals surface area contributed by atoms with Gasteiger partial charge in [0.25, 0.3) is 0 Å². The second kappa shape index (κ2) is 7.09. The molecule has 1 aromatic heterocycles. The summed E-state index contributed by atoms with van der Waals surface area (Å²) in [6, 6.07) is 12.1. The third-order valence-corrected chi connectivity index (χ3v) is 5.81. The van der Waals surface area contributed by atoms with Crippen LogP contribution in [0.3, 0.4) is 0 Å². The van der Waals surface area contributed by atoms with Gasteiger partial charge in [-0.2, -0.15) is 13.2 Å². The average molecular weight is 412 g/mol. The van der Waals surface area contributed by atoms with Gasteiger partial charge in [0.05, 0.1) is 16.9 Å². The molecule has 7 nitrogen and oxygen atoms in total. The van der Waals surface area contributed by atoms with Gasteiger partial charge in [0, 0.05) is 5.69 Å². The number of nitrogens with two attached hydrogens (primary N) is 1. The Morgan fingerprint density at radius 2 is 1.68 bits per heavy atom. The molecule has 11 heteroatoms. The van der Waals surface area contributed by atoms with E-state index in [1.165, 1.54) is 12.1 Å². The molecule has 0 atom stereocenters. The molecule has 0 radical (unpaired) electrons. The minimum Gasteiger partial charge on any atom is -0.408 e. The van der Waals surface area contributed by atoms with E-state index in [0.717, 1.165) is 17.0 Å². The Balaban J connectivity index is 1.39. The first-order chi connectivity index (χ1) is 13.3. The van der Waals surface area contributed by atoms with E-state index in [9.17, 15) is 13.2 Å². The van der Waals surface area contributed by atoms with Gasteiger partial charge in [-0.25, -0.2) is 13.5 Å². The van der Waals surface area contributed by atoms with E-state index in [-0.39, 0.29) is 25.1 Å². The third kappa shape index (κ3) is 3.97. The lowest BCUT2D eigenvalue weighted by Crippen LogP contribution is -2.28. The molecule has 0 unspecified atom stereocenters. The van der Waals surface area contributed by atoms with Gasteiger partial charge in [-0.1, -0.05) is 17.2 Å². The van der Waals surface area contributed by atoms with Crippen LogP contribution in [0.4, 0.5) is 24.9 Å². The maximum Gasteiger partial charge on any atom is 0.416 e. The first-order valence-corrected chi connectivity index (χ1v) is 9.62. The van der Waals surface area contributed by atoms with Crippen molar-refractivity contribution in [1.82, 2.24) is 10.2 Å². The summed E-state index contributed by atoms with van der Waals surface area (Å²) >= 11 is 0. The Kier molecular flexibility index (Phi) is 4.75. The van der Waals surface area contributed by atoms with Crippen LogP contribution >= 0.6 is 10.8 Å². The lowest BCUT2D eigenvalue weighted by Gasteiger charge is -2.45. The molecule has 1 saturated heterocycles. The van der Waals surface area contributed by atoms with E-state index in [2.05, 4.69) is 15.5 Å². The summed E-state index contributed by atoms with van der Waals surface area (Å²) in [6.07, 6.45) is -4.14. The molecule has 1 fully saturated rings. The highest BCUT2D eigenvalue weighted by molar-refractivity contribution is 8.24. The highest BCUT2D eigenvalue weighted by Crippen LogP contribution is 2.57. The molecule has 28 heavy (non-hydrogen) atoms. The van der Waals surface area contributed by atoms with Crippen molar-refractivity contribution in [3.05, 3.63) is 65.5 Å². The fraction of sp³-hybridized carbons (Fsp3) is 0.176. The lowest BCUT2D eigenvalue weighted by atomic mass is 10.1. The summed E-state index contributed by atoms with van der Waals surface area (Å²) < 4.78 is 53.8. The SMILES string of the molecule is NS1(c2ccc(Nc3nnc(Cc4ccc(C(F)(F)F)cc4)o3)cc2)OCO1. The zero-order valence-corrected chi connectivity index (χ0v) is 15.1. The predicted molar refractivity (Wildman–Crippen MR) is 95.4 cm³/mol. The van der Waals surface area contributed by atoms with Crippen LogP contribution in [0.25, 0.3) is 0 Å². The Morgan fingerprint density at radius 1 is 1.00 bits per heavy atom. The third-order valence-electron chi connectivity index (χ3n) is 3.98. The van der Waals surface area contributed by atoms with Crippen LogP contribution in [-0.2, 0) is 21.0 Å². The molecule has 3 aromatic rings. The van der Waals surface area contributed by atoms with Crippen LogP contribution in [-0.4, -0.2) is 17.0 Å². The van der Waals surface area contributed by atoms with Crippen LogP contribution in [0.1, 0.15) is 17.0 Å². The van der Waals surface area contributed by atoms with Crippen LogP contribution in [0.5, 0.6) is 0 Å². The summed E-state index contributed by atoms with van der Waals surface area (Å²) in [6.45, 7) is 0.190. The Morgan fingerprint density at radius 3 is 2.25 bits per heavy atom. The normalized spacial score (nSPS) is 17.0. The molecule has 4 rings (SSSR count). The topological polar surface area (TPSA) is 95.4 Å². The number of rotatable bonds is 5. The summed E-state index contributed by atoms with van der Waals surface area (Å²) in [5, 5.41) is 16.7. The van der Waals surface area contributed by atoms with Gasteiger partial charge in [0.2, 0.25) is 5.89 Å². The molecular weight excluding hydrogens is 397 g/mol. The van der Waals surface area contributed by atoms with E-state index in [1.54, 1.807) is 24.3 Å². The number of anilines is 2. The van der Waals surface area contributed by atoms with Crippen LogP contribution < -0.4 is 10.5 Å². The lowest BCUT2D eigenvalue weighted by molar-refractivity contribution is -0.137. The largest absolute Gasteiger partial charge is 0.416 e. The van der Waals surface area contributed by atoms with Gasteiger partial charge >= 0.3 is 12.2 Å². The molecule has 0 spiro atoms. The number of hydrogen-bond donors (Lipinski definition) is 2. The minimum absolute atomic E-state index is 0.167. The van der Waals surface area contributed by atoms with E-state index < -0.39 is 22.5 Å². The van der Waals surface area contributed by atoms with E-state index in [1.807, 2.05) is 0 Å². The van der Waals surface area contributed by atoms with Crippen LogP contribution in [0, 0.1) is 0 Å². The molecule has 3 N–H and O–H groups in total. The maximum atomic E-state index is 12.6. The minimum atomic E-state index is -4.36. The van der Waals surface area contributed by atoms with Crippen molar-refractivity contribution in [3.63, 3.8) is 0 Å². The highest BCUT2D eigenvalue weighted by atomic mass is 32.3. The molecule has 2 aromatic carbocycles. The van der Waals surface area contributed by atoms with Crippen LogP contribution in [0.15, 0.2) is 57.8 Å². The zero-order chi connectivity index (χ0) is 19.8. The average Bonchev–Trinajstić information content (AvgIpc) is 3.07. The van der Waals surface area contributed by atoms with Crippen molar-refractivity contribution in [1.29, 1.82) is 0 Å². The fourth-order valence-electron chi connectivity index (χ4n) is 2.50. The summed E-state index contributed by atoms with van der Waals surface area (Å²) in [5.74, 6) is 0.278. The molecule has 0 bridgehead atoms. The number of benzene rings is 2. The van der Waals surface area contributed by atoms with Crippen molar-refractivity contribution in [2.24, 2.45) is 5.14 Å². The molecule has 0 saturated carbocycles. The molecular formula is C17H15F3N4O3S. The van der Waals surface area contributed by atoms with Gasteiger partial charge in [-0.3, -0.25) is 0 Å². The van der Waals surface area contributed by atoms with Crippen molar-refractivity contribution in [2.75, 3.05) is 12.1 Å². The number of halogens is 3. The monoisotopic (exact) mass is 412 g/mol. The number of nitrogens with one attached hydrogen (secondary N) is 1. The zero-order valence-electron chi connectivity index (χ0n) is 14.3. The molecule has 0 aliphatic carbocycles. The second-order valence-corrected chi connectivity index (χ2v) is 7.95. The quantitative estimate of drug-likeness (QED) is 0.645. The first-order valence-electron chi connectivity index (χ1n) is 8.07. The van der Waals surface area contributed by atoms with Crippen molar-refractivity contribution in [3.8, 4) is 0 Å². The number of hydrogen-bond acceptors (Lipinski definition) is 7. The van der Waals surface area contributed by atoms with E-state index in [4.69, 9.17) is 17.9 Å². The number of nitrogens with zero attached hydrogens (tertiary/aromatic N) is 2. The van der Waals surface area contributed by atoms with Crippen LogP contribution in [0.2, 0.25) is 0 Å². The summed E-state index contributed by atoms with van der Waals surface area (Å²) in [5.41, 5.74) is 0.617. The fourth-order valence-corrected chi connectivity index (χ4v) is 3.59. The molecule has 0 amide bonds. The first kappa shape index (κ1) is 18.7. The Hall–Kier alpha value is -2.60. The summed E-state index contributed by atoms with van der Waals surface area (Å²) in [7, 11) is -2.10. The Bertz CT molecular complexity index is 957. The van der Waals surface area contributed by atoms with E-state index >= 15 is 0 Å². The number of alkyl halides is 3. The highest BCUT2D eigenvalue weighted by Gasteiger charge is 2.30. The maximum absolute atomic E-state index is 12.6. The molecule has 1 aliphatic heterocycles. The van der Waals surface area contributed by atoms with Crippen molar-refractivity contribution >= 4 is 22.5 Å². The van der Waals surface area contributed by atoms with Crippen molar-refractivity contribution < 1.29 is 26.0 Å². The summed E-state index contributed by atoms with van der Waals surface area (Å²) in [4.78, 5) is 0.748. The van der Waals surface area contributed by atoms with E-state index in [0.29, 0.717) is 11.3 Å². The predicted octanol–water partition coefficient (Wildman–Crippen LogP) is 4.29. The van der Waals surface area contributed by atoms with Crippen molar-refractivity contribution in [2.45, 2.75) is 17.5 Å². The van der Waals surface area contributed by atoms with Gasteiger partial charge in [0.1, 0.15) is 0 Å². The smallest absolute Gasteiger partial charge is 0.408 e. The van der Waals surface area contributed by atoms with Gasteiger partial charge in [-0.15, -0.1) is 15.9 Å². The second-order valence-electron chi connectivity index (χ2n) is 5.92. The Labute approximate surface area is 159 Å². The number of aromatic nitrogens is 2. The molecule has 148 valence electrons. The van der Waals surface area contributed by atoms with Gasteiger partial charge in [-0.05, 0) is 42.0 Å².